The number of pyridine rings is 1. The highest BCUT2D eigenvalue weighted by molar-refractivity contribution is 6.30. The van der Waals surface area contributed by atoms with Crippen LogP contribution in [0.25, 0.3) is 10.9 Å². The molecule has 6 rings (SSSR count). The molecule has 4 nitrogen and oxygen atoms in total. The second kappa shape index (κ2) is 7.73. The van der Waals surface area contributed by atoms with Crippen molar-refractivity contribution >= 4 is 34.1 Å². The quantitative estimate of drug-likeness (QED) is 0.494. The molecule has 0 spiro atoms. The van der Waals surface area contributed by atoms with Crippen molar-refractivity contribution in [2.24, 2.45) is 29.6 Å². The van der Waals surface area contributed by atoms with Gasteiger partial charge in [0.1, 0.15) is 11.6 Å². The summed E-state index contributed by atoms with van der Waals surface area (Å²) in [7, 11) is 0. The van der Waals surface area contributed by atoms with E-state index in [9.17, 15) is 9.18 Å². The third-order valence-corrected chi connectivity index (χ3v) is 7.64. The topological polar surface area (TPSA) is 51.2 Å². The van der Waals surface area contributed by atoms with Crippen molar-refractivity contribution < 1.29 is 13.9 Å². The average molecular weight is 451 g/mol. The van der Waals surface area contributed by atoms with Gasteiger partial charge in [0.05, 0.1) is 11.6 Å². The van der Waals surface area contributed by atoms with E-state index in [0.717, 1.165) is 36.9 Å². The summed E-state index contributed by atoms with van der Waals surface area (Å²) < 4.78 is 20.0. The smallest absolute Gasteiger partial charge is 0.228 e. The maximum atomic E-state index is 13.7. The van der Waals surface area contributed by atoms with E-state index in [2.05, 4.69) is 10.3 Å². The highest BCUT2D eigenvalue weighted by Gasteiger charge is 2.63. The highest BCUT2D eigenvalue weighted by Crippen LogP contribution is 2.64. The van der Waals surface area contributed by atoms with E-state index in [1.165, 1.54) is 12.1 Å². The van der Waals surface area contributed by atoms with Crippen molar-refractivity contribution in [2.45, 2.75) is 31.8 Å². The lowest BCUT2D eigenvalue weighted by Gasteiger charge is -2.22. The predicted molar refractivity (Wildman–Crippen MR) is 122 cm³/mol. The maximum absolute atomic E-state index is 13.7. The standard InChI is InChI=1S/C26H24ClFN2O2/c27-15-3-6-17(7-4-15)30-26(31)24(14-1-2-14)25-19-12-18(13-20(19)25)32-23-9-10-29-22-8-5-16(28)11-21(22)23/h3-11,14,18-20,24-25H,1-2,12-13H2,(H,30,31)/t18-,19-,20+,24?,25+. The number of nitrogens with zero attached hydrogens (tertiary/aromatic N) is 1. The number of rotatable bonds is 6. The number of nitrogens with one attached hydrogen (secondary N) is 1. The summed E-state index contributed by atoms with van der Waals surface area (Å²) in [5, 5.41) is 4.48. The van der Waals surface area contributed by atoms with E-state index in [1.807, 2.05) is 18.2 Å². The van der Waals surface area contributed by atoms with Crippen molar-refractivity contribution in [2.75, 3.05) is 5.32 Å². The Kier molecular flexibility index (Phi) is 4.83. The van der Waals surface area contributed by atoms with Crippen LogP contribution in [0.15, 0.2) is 54.7 Å². The minimum atomic E-state index is -0.288. The first kappa shape index (κ1) is 20.0. The van der Waals surface area contributed by atoms with Gasteiger partial charge >= 0.3 is 0 Å². The van der Waals surface area contributed by atoms with E-state index in [-0.39, 0.29) is 23.7 Å². The molecule has 1 heterocycles. The van der Waals surface area contributed by atoms with Gasteiger partial charge in [0.2, 0.25) is 5.91 Å². The Balaban J connectivity index is 1.12. The second-order valence-corrected chi connectivity index (χ2v) is 9.88. The molecule has 0 bridgehead atoms. The summed E-state index contributed by atoms with van der Waals surface area (Å²) in [4.78, 5) is 17.4. The van der Waals surface area contributed by atoms with Gasteiger partial charge in [-0.25, -0.2) is 4.39 Å². The van der Waals surface area contributed by atoms with Crippen molar-refractivity contribution in [3.8, 4) is 5.75 Å². The molecule has 32 heavy (non-hydrogen) atoms. The number of halogens is 2. The third kappa shape index (κ3) is 3.73. The highest BCUT2D eigenvalue weighted by atomic mass is 35.5. The van der Waals surface area contributed by atoms with Crippen LogP contribution in [0, 0.1) is 35.4 Å². The zero-order chi connectivity index (χ0) is 21.8. The summed E-state index contributed by atoms with van der Waals surface area (Å²) in [6.07, 6.45) is 6.00. The molecule has 0 radical (unpaired) electrons. The number of amides is 1. The van der Waals surface area contributed by atoms with E-state index in [1.54, 1.807) is 24.4 Å². The SMILES string of the molecule is O=C(Nc1ccc(Cl)cc1)C(C1CC1)[C@H]1[C@@H]2C[C@@H](Oc3ccnc4ccc(F)cc34)C[C@@H]21. The van der Waals surface area contributed by atoms with Crippen LogP contribution in [-0.4, -0.2) is 17.0 Å². The fourth-order valence-corrected chi connectivity index (χ4v) is 5.89. The van der Waals surface area contributed by atoms with Gasteiger partial charge in [0, 0.05) is 28.2 Å². The predicted octanol–water partition coefficient (Wildman–Crippen LogP) is 6.10. The number of carbonyl (C=O) groups is 1. The van der Waals surface area contributed by atoms with Gasteiger partial charge in [0.15, 0.2) is 0 Å². The Bertz CT molecular complexity index is 1170. The molecule has 3 saturated carbocycles. The lowest BCUT2D eigenvalue weighted by Crippen LogP contribution is -2.29. The van der Waals surface area contributed by atoms with Gasteiger partial charge in [0.25, 0.3) is 0 Å². The first-order valence-electron chi connectivity index (χ1n) is 11.3. The second-order valence-electron chi connectivity index (χ2n) is 9.45. The molecule has 5 atom stereocenters. The van der Waals surface area contributed by atoms with Gasteiger partial charge < -0.3 is 10.1 Å². The summed E-state index contributed by atoms with van der Waals surface area (Å²) in [5.41, 5.74) is 1.53. The molecule has 1 aromatic heterocycles. The lowest BCUT2D eigenvalue weighted by atomic mass is 9.90. The Labute approximate surface area is 191 Å². The average Bonchev–Trinajstić information content (AvgIpc) is 3.69. The number of hydrogen-bond acceptors (Lipinski definition) is 3. The molecule has 164 valence electrons. The molecule has 2 aromatic carbocycles. The Morgan fingerprint density at radius 1 is 1.09 bits per heavy atom. The normalized spacial score (nSPS) is 27.1. The van der Waals surface area contributed by atoms with Crippen LogP contribution in [-0.2, 0) is 4.79 Å². The number of aromatic nitrogens is 1. The molecule has 1 unspecified atom stereocenters. The largest absolute Gasteiger partial charge is 0.490 e. The van der Waals surface area contributed by atoms with Crippen molar-refractivity contribution in [3.05, 3.63) is 65.6 Å². The first-order chi connectivity index (χ1) is 15.6. The molecule has 1 N–H and O–H groups in total. The summed E-state index contributed by atoms with van der Waals surface area (Å²) in [6, 6.07) is 13.7. The van der Waals surface area contributed by atoms with Crippen molar-refractivity contribution in [1.82, 2.24) is 4.98 Å². The first-order valence-corrected chi connectivity index (χ1v) is 11.7. The van der Waals surface area contributed by atoms with E-state index in [4.69, 9.17) is 16.3 Å². The molecule has 3 aliphatic carbocycles. The molecule has 0 saturated heterocycles. The summed E-state index contributed by atoms with van der Waals surface area (Å²) >= 11 is 5.96. The number of ether oxygens (including phenoxy) is 1. The van der Waals surface area contributed by atoms with E-state index in [0.29, 0.717) is 39.8 Å². The van der Waals surface area contributed by atoms with Crippen LogP contribution in [0.3, 0.4) is 0 Å². The lowest BCUT2D eigenvalue weighted by molar-refractivity contribution is -0.121. The van der Waals surface area contributed by atoms with Crippen LogP contribution < -0.4 is 10.1 Å². The molecule has 1 amide bonds. The molecule has 6 heteroatoms. The van der Waals surface area contributed by atoms with E-state index < -0.39 is 0 Å². The van der Waals surface area contributed by atoms with Crippen molar-refractivity contribution in [1.29, 1.82) is 0 Å². The van der Waals surface area contributed by atoms with Crippen LogP contribution in [0.5, 0.6) is 5.75 Å². The van der Waals surface area contributed by atoms with Gasteiger partial charge in [-0.1, -0.05) is 11.6 Å². The molecular weight excluding hydrogens is 427 g/mol. The summed E-state index contributed by atoms with van der Waals surface area (Å²) in [5.74, 6) is 2.64. The van der Waals surface area contributed by atoms with Crippen LogP contribution >= 0.6 is 11.6 Å². The minimum absolute atomic E-state index is 0.0810. The minimum Gasteiger partial charge on any atom is -0.490 e. The number of hydrogen-bond donors (Lipinski definition) is 1. The van der Waals surface area contributed by atoms with E-state index >= 15 is 0 Å². The van der Waals surface area contributed by atoms with Crippen LogP contribution in [0.2, 0.25) is 5.02 Å². The Morgan fingerprint density at radius 2 is 1.84 bits per heavy atom. The Hall–Kier alpha value is -2.66. The third-order valence-electron chi connectivity index (χ3n) is 7.38. The molecule has 0 aliphatic heterocycles. The molecule has 3 aromatic rings. The number of anilines is 1. The Morgan fingerprint density at radius 3 is 2.56 bits per heavy atom. The number of fused-ring (bicyclic) bond motifs is 2. The van der Waals surface area contributed by atoms with Crippen molar-refractivity contribution in [3.63, 3.8) is 0 Å². The zero-order valence-corrected chi connectivity index (χ0v) is 18.3. The molecular formula is C26H24ClFN2O2. The monoisotopic (exact) mass is 450 g/mol. The number of benzene rings is 2. The van der Waals surface area contributed by atoms with Crippen LogP contribution in [0.1, 0.15) is 25.7 Å². The summed E-state index contributed by atoms with van der Waals surface area (Å²) in [6.45, 7) is 0. The molecule has 3 aliphatic rings. The van der Waals surface area contributed by atoms with Gasteiger partial charge in [-0.2, -0.15) is 0 Å². The van der Waals surface area contributed by atoms with Crippen LogP contribution in [0.4, 0.5) is 10.1 Å². The fraction of sp³-hybridized carbons (Fsp3) is 0.385. The van der Waals surface area contributed by atoms with Gasteiger partial charge in [-0.15, -0.1) is 0 Å². The maximum Gasteiger partial charge on any atom is 0.228 e. The van der Waals surface area contributed by atoms with Gasteiger partial charge in [-0.05, 0) is 97.9 Å². The number of carbonyl (C=O) groups excluding carboxylic acids is 1. The molecule has 3 fully saturated rings. The van der Waals surface area contributed by atoms with Gasteiger partial charge in [-0.3, -0.25) is 9.78 Å². The zero-order valence-electron chi connectivity index (χ0n) is 17.5. The fourth-order valence-electron chi connectivity index (χ4n) is 5.76.